The van der Waals surface area contributed by atoms with Crippen molar-refractivity contribution in [3.8, 4) is 0 Å². The van der Waals surface area contributed by atoms with Crippen LogP contribution in [0.3, 0.4) is 0 Å². The minimum Gasteiger partial charge on any atom is -0.399 e. The summed E-state index contributed by atoms with van der Waals surface area (Å²) in [7, 11) is 0. The topological polar surface area (TPSA) is 55.1 Å². The van der Waals surface area contributed by atoms with Crippen LogP contribution in [0.2, 0.25) is 0 Å². The highest BCUT2D eigenvalue weighted by Gasteiger charge is 2.34. The summed E-state index contributed by atoms with van der Waals surface area (Å²) in [6, 6.07) is 6.56. The molecule has 1 aromatic heterocycles. The van der Waals surface area contributed by atoms with Crippen molar-refractivity contribution in [2.24, 2.45) is 0 Å². The molecular formula is C13H11F3N2OS. The van der Waals surface area contributed by atoms with Crippen LogP contribution in [0.5, 0.6) is 0 Å². The van der Waals surface area contributed by atoms with E-state index >= 15 is 0 Å². The zero-order chi connectivity index (χ0) is 14.9. The third-order valence-electron chi connectivity index (χ3n) is 2.56. The molecule has 0 bridgehead atoms. The lowest BCUT2D eigenvalue weighted by molar-refractivity contribution is -0.136. The molecule has 0 aliphatic rings. The van der Waals surface area contributed by atoms with Gasteiger partial charge in [0, 0.05) is 10.6 Å². The number of benzene rings is 1. The molecule has 0 spiro atoms. The van der Waals surface area contributed by atoms with E-state index in [0.29, 0.717) is 4.88 Å². The highest BCUT2D eigenvalue weighted by Crippen LogP contribution is 2.36. The summed E-state index contributed by atoms with van der Waals surface area (Å²) in [5, 5.41) is 2.27. The number of hydrogen-bond donors (Lipinski definition) is 2. The molecule has 3 nitrogen and oxygen atoms in total. The Hall–Kier alpha value is -2.02. The van der Waals surface area contributed by atoms with Crippen LogP contribution in [0.15, 0.2) is 30.3 Å². The van der Waals surface area contributed by atoms with Crippen LogP contribution in [-0.4, -0.2) is 5.91 Å². The monoisotopic (exact) mass is 300 g/mol. The first-order chi connectivity index (χ1) is 9.27. The highest BCUT2D eigenvalue weighted by atomic mass is 32.1. The average molecular weight is 300 g/mol. The van der Waals surface area contributed by atoms with Crippen LogP contribution < -0.4 is 11.1 Å². The molecule has 0 aliphatic carbocycles. The zero-order valence-corrected chi connectivity index (χ0v) is 11.2. The molecule has 0 unspecified atom stereocenters. The fraction of sp³-hybridized carbons (Fsp3) is 0.154. The molecule has 0 fully saturated rings. The number of aryl methyl sites for hydroxylation is 1. The largest absolute Gasteiger partial charge is 0.418 e. The molecule has 7 heteroatoms. The van der Waals surface area contributed by atoms with Crippen molar-refractivity contribution in [1.82, 2.24) is 0 Å². The Morgan fingerprint density at radius 3 is 2.50 bits per heavy atom. The van der Waals surface area contributed by atoms with E-state index in [2.05, 4.69) is 5.32 Å². The first-order valence-electron chi connectivity index (χ1n) is 5.62. The molecule has 3 N–H and O–H groups in total. The molecule has 2 aromatic rings. The van der Waals surface area contributed by atoms with Crippen LogP contribution in [0.4, 0.5) is 24.5 Å². The number of halogens is 3. The number of nitrogen functional groups attached to an aromatic ring is 1. The fourth-order valence-electron chi connectivity index (χ4n) is 1.65. The van der Waals surface area contributed by atoms with Crippen LogP contribution in [0.1, 0.15) is 20.1 Å². The van der Waals surface area contributed by atoms with Gasteiger partial charge in [-0.2, -0.15) is 13.2 Å². The first-order valence-corrected chi connectivity index (χ1v) is 6.43. The molecule has 2 rings (SSSR count). The maximum Gasteiger partial charge on any atom is 0.418 e. The van der Waals surface area contributed by atoms with E-state index < -0.39 is 17.6 Å². The molecular weight excluding hydrogens is 289 g/mol. The van der Waals surface area contributed by atoms with Gasteiger partial charge >= 0.3 is 6.18 Å². The molecule has 106 valence electrons. The Kier molecular flexibility index (Phi) is 3.71. The quantitative estimate of drug-likeness (QED) is 0.826. The third kappa shape index (κ3) is 3.11. The predicted octanol–water partition coefficient (Wildman–Crippen LogP) is 3.91. The van der Waals surface area contributed by atoms with Crippen LogP contribution >= 0.6 is 11.3 Å². The Morgan fingerprint density at radius 1 is 1.25 bits per heavy atom. The summed E-state index contributed by atoms with van der Waals surface area (Å²) in [4.78, 5) is 13.2. The van der Waals surface area contributed by atoms with E-state index in [-0.39, 0.29) is 11.4 Å². The number of rotatable bonds is 2. The number of carbonyl (C=O) groups is 1. The second-order valence-corrected chi connectivity index (χ2v) is 5.46. The van der Waals surface area contributed by atoms with E-state index in [1.54, 1.807) is 12.1 Å². The van der Waals surface area contributed by atoms with Crippen LogP contribution in [-0.2, 0) is 6.18 Å². The highest BCUT2D eigenvalue weighted by molar-refractivity contribution is 7.14. The van der Waals surface area contributed by atoms with Gasteiger partial charge in [0.15, 0.2) is 0 Å². The summed E-state index contributed by atoms with van der Waals surface area (Å²) < 4.78 is 38.6. The molecule has 0 radical (unpaired) electrons. The van der Waals surface area contributed by atoms with E-state index in [1.165, 1.54) is 17.4 Å². The predicted molar refractivity (Wildman–Crippen MR) is 72.9 cm³/mol. The molecule has 1 amide bonds. The van der Waals surface area contributed by atoms with Crippen LogP contribution in [0.25, 0.3) is 0 Å². The lowest BCUT2D eigenvalue weighted by Crippen LogP contribution is -2.16. The van der Waals surface area contributed by atoms with Gasteiger partial charge in [-0.25, -0.2) is 0 Å². The van der Waals surface area contributed by atoms with Gasteiger partial charge in [0.1, 0.15) is 0 Å². The second kappa shape index (κ2) is 5.16. The average Bonchev–Trinajstić information content (AvgIpc) is 2.77. The van der Waals surface area contributed by atoms with Gasteiger partial charge in [0.05, 0.1) is 16.1 Å². The summed E-state index contributed by atoms with van der Waals surface area (Å²) in [5.41, 5.74) is 4.08. The van der Waals surface area contributed by atoms with E-state index in [1.807, 2.05) is 6.92 Å². The number of hydrogen-bond acceptors (Lipinski definition) is 3. The van der Waals surface area contributed by atoms with E-state index in [4.69, 9.17) is 5.73 Å². The number of amides is 1. The smallest absolute Gasteiger partial charge is 0.399 e. The van der Waals surface area contributed by atoms with Gasteiger partial charge < -0.3 is 11.1 Å². The van der Waals surface area contributed by atoms with Gasteiger partial charge in [-0.3, -0.25) is 4.79 Å². The molecule has 0 saturated heterocycles. The first kappa shape index (κ1) is 14.4. The lowest BCUT2D eigenvalue weighted by Gasteiger charge is -2.14. The van der Waals surface area contributed by atoms with Gasteiger partial charge in [0.25, 0.3) is 5.91 Å². The summed E-state index contributed by atoms with van der Waals surface area (Å²) in [5.74, 6) is -0.571. The van der Waals surface area contributed by atoms with Crippen molar-refractivity contribution in [3.05, 3.63) is 45.6 Å². The SMILES string of the molecule is Cc1ccc(C(=O)Nc2ccc(N)cc2C(F)(F)F)s1. The Balaban J connectivity index is 2.32. The number of carbonyl (C=O) groups excluding carboxylic acids is 1. The summed E-state index contributed by atoms with van der Waals surface area (Å²) >= 11 is 1.21. The lowest BCUT2D eigenvalue weighted by atomic mass is 10.1. The van der Waals surface area contributed by atoms with E-state index in [9.17, 15) is 18.0 Å². The molecule has 1 aromatic carbocycles. The Labute approximate surface area is 117 Å². The number of alkyl halides is 3. The Morgan fingerprint density at radius 2 is 1.95 bits per heavy atom. The van der Waals surface area contributed by atoms with Crippen molar-refractivity contribution < 1.29 is 18.0 Å². The summed E-state index contributed by atoms with van der Waals surface area (Å²) in [6.07, 6.45) is -4.58. The fourth-order valence-corrected chi connectivity index (χ4v) is 2.41. The number of anilines is 2. The van der Waals surface area contributed by atoms with Crippen molar-refractivity contribution in [2.75, 3.05) is 11.1 Å². The minimum atomic E-state index is -4.58. The van der Waals surface area contributed by atoms with Gasteiger partial charge in [-0.15, -0.1) is 11.3 Å². The van der Waals surface area contributed by atoms with E-state index in [0.717, 1.165) is 17.0 Å². The molecule has 20 heavy (non-hydrogen) atoms. The minimum absolute atomic E-state index is 0.0118. The number of nitrogens with one attached hydrogen (secondary N) is 1. The van der Waals surface area contributed by atoms with Gasteiger partial charge in [-0.05, 0) is 37.3 Å². The second-order valence-electron chi connectivity index (χ2n) is 4.17. The normalized spacial score (nSPS) is 11.4. The van der Waals surface area contributed by atoms with Crippen LogP contribution in [0, 0.1) is 6.92 Å². The molecule has 1 heterocycles. The maximum absolute atomic E-state index is 12.9. The van der Waals surface area contributed by atoms with Gasteiger partial charge in [-0.1, -0.05) is 0 Å². The standard InChI is InChI=1S/C13H11F3N2OS/c1-7-2-5-11(20-7)12(19)18-10-4-3-8(17)6-9(10)13(14,15)16/h2-6H,17H2,1H3,(H,18,19). The molecule has 0 aliphatic heterocycles. The zero-order valence-electron chi connectivity index (χ0n) is 10.4. The molecule has 0 saturated carbocycles. The van der Waals surface area contributed by atoms with Crippen molar-refractivity contribution in [1.29, 1.82) is 0 Å². The third-order valence-corrected chi connectivity index (χ3v) is 3.56. The Bertz CT molecular complexity index is 649. The van der Waals surface area contributed by atoms with Crippen molar-refractivity contribution >= 4 is 28.6 Å². The maximum atomic E-state index is 12.9. The number of thiophene rings is 1. The molecule has 0 atom stereocenters. The summed E-state index contributed by atoms with van der Waals surface area (Å²) in [6.45, 7) is 1.81. The number of nitrogens with two attached hydrogens (primary N) is 1. The van der Waals surface area contributed by atoms with Crippen molar-refractivity contribution in [2.45, 2.75) is 13.1 Å². The van der Waals surface area contributed by atoms with Gasteiger partial charge in [0.2, 0.25) is 0 Å². The van der Waals surface area contributed by atoms with Crippen molar-refractivity contribution in [3.63, 3.8) is 0 Å².